The number of hydrogen-bond donors (Lipinski definition) is 1. The number of alkyl halides is 3. The van der Waals surface area contributed by atoms with Gasteiger partial charge in [0.15, 0.2) is 0 Å². The van der Waals surface area contributed by atoms with Crippen molar-refractivity contribution in [3.63, 3.8) is 0 Å². The largest absolute Gasteiger partial charge is 0.416 e. The van der Waals surface area contributed by atoms with Crippen LogP contribution in [0.5, 0.6) is 0 Å². The summed E-state index contributed by atoms with van der Waals surface area (Å²) in [5.41, 5.74) is 1.54. The summed E-state index contributed by atoms with van der Waals surface area (Å²) in [6, 6.07) is 8.10. The first kappa shape index (κ1) is 17.0. The van der Waals surface area contributed by atoms with Gasteiger partial charge in [0.1, 0.15) is 10.3 Å². The summed E-state index contributed by atoms with van der Waals surface area (Å²) in [6.45, 7) is 0. The lowest BCUT2D eigenvalue weighted by Crippen LogP contribution is -2.14. The summed E-state index contributed by atoms with van der Waals surface area (Å²) in [5.74, 6) is 0. The Kier molecular flexibility index (Phi) is 4.72. The van der Waals surface area contributed by atoms with E-state index >= 15 is 0 Å². The molecule has 0 amide bonds. The summed E-state index contributed by atoms with van der Waals surface area (Å²) >= 11 is 0.927. The van der Waals surface area contributed by atoms with E-state index in [9.17, 15) is 21.6 Å². The van der Waals surface area contributed by atoms with Crippen LogP contribution in [-0.4, -0.2) is 13.5 Å². The molecule has 0 saturated carbocycles. The molecule has 5 nitrogen and oxygen atoms in total. The maximum atomic E-state index is 12.4. The van der Waals surface area contributed by atoms with Crippen molar-refractivity contribution in [1.29, 1.82) is 5.26 Å². The Morgan fingerprint density at radius 3 is 2.35 bits per heavy atom. The number of nitrogens with zero attached hydrogens (tertiary/aromatic N) is 2. The van der Waals surface area contributed by atoms with Gasteiger partial charge in [-0.05, 0) is 35.7 Å². The van der Waals surface area contributed by atoms with Crippen molar-refractivity contribution < 1.29 is 21.6 Å². The van der Waals surface area contributed by atoms with E-state index in [2.05, 4.69) is 10.5 Å². The molecule has 1 aromatic carbocycles. The molecule has 1 heterocycles. The summed E-state index contributed by atoms with van der Waals surface area (Å²) in [5, 5.41) is 13.2. The van der Waals surface area contributed by atoms with Crippen LogP contribution in [0.4, 0.5) is 18.9 Å². The molecule has 10 heteroatoms. The second-order valence-electron chi connectivity index (χ2n) is 4.15. The molecular formula is C13H8F3N3O2S2. The summed E-state index contributed by atoms with van der Waals surface area (Å²) in [6.07, 6.45) is -4.47. The highest BCUT2D eigenvalue weighted by Crippen LogP contribution is 2.29. The van der Waals surface area contributed by atoms with Crippen molar-refractivity contribution in [3.8, 4) is 6.07 Å². The second kappa shape index (κ2) is 6.39. The number of halogens is 3. The minimum absolute atomic E-state index is 0.0491. The van der Waals surface area contributed by atoms with E-state index in [1.807, 2.05) is 0 Å². The van der Waals surface area contributed by atoms with Crippen LogP contribution in [0.2, 0.25) is 0 Å². The maximum Gasteiger partial charge on any atom is 0.416 e. The van der Waals surface area contributed by atoms with Crippen LogP contribution >= 0.6 is 11.3 Å². The Balaban J connectivity index is 2.23. The number of sulfone groups is 1. The predicted octanol–water partition coefficient (Wildman–Crippen LogP) is 3.49. The van der Waals surface area contributed by atoms with Gasteiger partial charge in [0, 0.05) is 0 Å². The zero-order valence-electron chi connectivity index (χ0n) is 11.2. The average molecular weight is 359 g/mol. The monoisotopic (exact) mass is 359 g/mol. The molecule has 2 aromatic rings. The van der Waals surface area contributed by atoms with Crippen LogP contribution in [0, 0.1) is 11.3 Å². The molecule has 1 N–H and O–H groups in total. The zero-order chi connectivity index (χ0) is 17.1. The van der Waals surface area contributed by atoms with Crippen LogP contribution < -0.4 is 5.43 Å². The van der Waals surface area contributed by atoms with Gasteiger partial charge in [-0.1, -0.05) is 6.07 Å². The molecule has 1 aromatic heterocycles. The van der Waals surface area contributed by atoms with Crippen molar-refractivity contribution in [2.75, 3.05) is 5.43 Å². The standard InChI is InChI=1S/C13H8F3N3O2S2/c14-13(15,16)9-3-5-10(6-4-9)18-19-11(8-17)23(20,21)12-2-1-7-22-12/h1-7,18H/b19-11+. The fraction of sp³-hybridized carbons (Fsp3) is 0.0769. The van der Waals surface area contributed by atoms with E-state index in [1.165, 1.54) is 23.6 Å². The van der Waals surface area contributed by atoms with E-state index in [-0.39, 0.29) is 9.90 Å². The van der Waals surface area contributed by atoms with Gasteiger partial charge in [0.25, 0.3) is 5.04 Å². The highest BCUT2D eigenvalue weighted by atomic mass is 32.2. The first-order chi connectivity index (χ1) is 10.7. The lowest BCUT2D eigenvalue weighted by Gasteiger charge is -2.07. The Labute approximate surface area is 133 Å². The number of nitriles is 1. The summed E-state index contributed by atoms with van der Waals surface area (Å²) in [7, 11) is -4.04. The van der Waals surface area contributed by atoms with Crippen molar-refractivity contribution in [2.45, 2.75) is 10.4 Å². The van der Waals surface area contributed by atoms with Crippen molar-refractivity contribution >= 4 is 31.9 Å². The number of thiophene rings is 1. The molecule has 0 aliphatic heterocycles. The fourth-order valence-electron chi connectivity index (χ4n) is 1.51. The van der Waals surface area contributed by atoms with Gasteiger partial charge in [-0.15, -0.1) is 11.3 Å². The highest BCUT2D eigenvalue weighted by molar-refractivity contribution is 8.08. The molecule has 0 aliphatic rings. The number of anilines is 1. The van der Waals surface area contributed by atoms with E-state index in [4.69, 9.17) is 5.26 Å². The topological polar surface area (TPSA) is 82.3 Å². The molecule has 23 heavy (non-hydrogen) atoms. The molecule has 0 spiro atoms. The van der Waals surface area contributed by atoms with Crippen LogP contribution in [-0.2, 0) is 16.0 Å². The molecule has 0 saturated heterocycles. The first-order valence-corrected chi connectivity index (χ1v) is 8.31. The number of hydrogen-bond acceptors (Lipinski definition) is 6. The normalized spacial score (nSPS) is 12.7. The third-order valence-corrected chi connectivity index (χ3v) is 5.57. The third kappa shape index (κ3) is 3.88. The van der Waals surface area contributed by atoms with Crippen molar-refractivity contribution in [3.05, 3.63) is 47.3 Å². The smallest absolute Gasteiger partial charge is 0.277 e. The highest BCUT2D eigenvalue weighted by Gasteiger charge is 2.30. The zero-order valence-corrected chi connectivity index (χ0v) is 12.8. The van der Waals surface area contributed by atoms with Crippen molar-refractivity contribution in [2.24, 2.45) is 5.10 Å². The SMILES string of the molecule is N#C/C(=N\Nc1ccc(C(F)(F)F)cc1)S(=O)(=O)c1cccs1. The molecule has 120 valence electrons. The lowest BCUT2D eigenvalue weighted by molar-refractivity contribution is -0.137. The van der Waals surface area contributed by atoms with E-state index < -0.39 is 26.6 Å². The Hall–Kier alpha value is -2.38. The van der Waals surface area contributed by atoms with Crippen LogP contribution in [0.3, 0.4) is 0 Å². The maximum absolute atomic E-state index is 12.4. The Morgan fingerprint density at radius 1 is 1.22 bits per heavy atom. The number of benzene rings is 1. The van der Waals surface area contributed by atoms with Gasteiger partial charge in [0.2, 0.25) is 9.84 Å². The van der Waals surface area contributed by atoms with Crippen LogP contribution in [0.1, 0.15) is 5.56 Å². The molecular weight excluding hydrogens is 351 g/mol. The van der Waals surface area contributed by atoms with Gasteiger partial charge in [-0.2, -0.15) is 23.5 Å². The minimum atomic E-state index is -4.47. The van der Waals surface area contributed by atoms with E-state index in [0.717, 1.165) is 35.6 Å². The van der Waals surface area contributed by atoms with E-state index in [0.29, 0.717) is 0 Å². The lowest BCUT2D eigenvalue weighted by atomic mass is 10.2. The van der Waals surface area contributed by atoms with Crippen LogP contribution in [0.15, 0.2) is 51.1 Å². The van der Waals surface area contributed by atoms with Crippen molar-refractivity contribution in [1.82, 2.24) is 0 Å². The molecule has 0 bridgehead atoms. The average Bonchev–Trinajstić information content (AvgIpc) is 3.02. The molecule has 0 atom stereocenters. The molecule has 0 radical (unpaired) electrons. The Bertz CT molecular complexity index is 849. The van der Waals surface area contributed by atoms with Crippen LogP contribution in [0.25, 0.3) is 0 Å². The van der Waals surface area contributed by atoms with Gasteiger partial charge in [0.05, 0.1) is 11.3 Å². The van der Waals surface area contributed by atoms with E-state index in [1.54, 1.807) is 0 Å². The number of rotatable bonds is 3. The van der Waals surface area contributed by atoms with Gasteiger partial charge < -0.3 is 0 Å². The molecule has 2 rings (SSSR count). The first-order valence-electron chi connectivity index (χ1n) is 5.95. The fourth-order valence-corrected chi connectivity index (χ4v) is 3.60. The van der Waals surface area contributed by atoms with Gasteiger partial charge >= 0.3 is 6.18 Å². The van der Waals surface area contributed by atoms with Gasteiger partial charge in [-0.3, -0.25) is 5.43 Å². The second-order valence-corrected chi connectivity index (χ2v) is 7.19. The predicted molar refractivity (Wildman–Crippen MR) is 79.6 cm³/mol. The summed E-state index contributed by atoms with van der Waals surface area (Å²) in [4.78, 5) is 0. The number of hydrazone groups is 1. The minimum Gasteiger partial charge on any atom is -0.277 e. The number of nitrogens with one attached hydrogen (secondary N) is 1. The molecule has 0 aliphatic carbocycles. The molecule has 0 fully saturated rings. The van der Waals surface area contributed by atoms with Gasteiger partial charge in [-0.25, -0.2) is 8.42 Å². The Morgan fingerprint density at radius 2 is 1.87 bits per heavy atom. The third-order valence-electron chi connectivity index (χ3n) is 2.61. The quantitative estimate of drug-likeness (QED) is 0.517. The summed E-state index contributed by atoms with van der Waals surface area (Å²) < 4.78 is 61.4. The molecule has 0 unspecified atom stereocenters.